The maximum absolute atomic E-state index is 5.92. The molecule has 0 aromatic rings. The van der Waals surface area contributed by atoms with Crippen LogP contribution in [0.2, 0.25) is 0 Å². The van der Waals surface area contributed by atoms with Gasteiger partial charge in [-0.1, -0.05) is 33.6 Å². The van der Waals surface area contributed by atoms with Gasteiger partial charge in [-0.25, -0.2) is 0 Å². The molecule has 1 rings (SSSR count). The van der Waals surface area contributed by atoms with Crippen LogP contribution in [0, 0.1) is 5.41 Å². The van der Waals surface area contributed by atoms with Gasteiger partial charge in [0.25, 0.3) is 0 Å². The predicted octanol–water partition coefficient (Wildman–Crippen LogP) is 3.02. The Bertz CT molecular complexity index is 187. The first-order valence-corrected chi connectivity index (χ1v) is 7.15. The van der Waals surface area contributed by atoms with Crippen molar-refractivity contribution in [1.29, 1.82) is 0 Å². The zero-order valence-corrected chi connectivity index (χ0v) is 11.5. The molecule has 1 atom stereocenters. The number of rotatable bonds is 7. The fourth-order valence-electron chi connectivity index (χ4n) is 3.00. The molecule has 96 valence electrons. The Labute approximate surface area is 102 Å². The maximum Gasteiger partial charge on any atom is 0.0218 e. The molecule has 0 bridgehead atoms. The minimum atomic E-state index is 0.597. The van der Waals surface area contributed by atoms with Crippen molar-refractivity contribution in [2.24, 2.45) is 11.1 Å². The lowest BCUT2D eigenvalue weighted by Gasteiger charge is -2.30. The third-order valence-corrected chi connectivity index (χ3v) is 4.65. The van der Waals surface area contributed by atoms with Crippen molar-refractivity contribution in [1.82, 2.24) is 4.90 Å². The normalized spacial score (nSPS) is 22.5. The number of likely N-dealkylation sites (tertiary alicyclic amines) is 1. The number of unbranched alkanes of at least 4 members (excludes halogenated alkanes) is 1. The first-order chi connectivity index (χ1) is 7.71. The summed E-state index contributed by atoms with van der Waals surface area (Å²) in [6, 6.07) is 0.639. The van der Waals surface area contributed by atoms with Crippen LogP contribution in [0.4, 0.5) is 0 Å². The van der Waals surface area contributed by atoms with Gasteiger partial charge in [-0.2, -0.15) is 0 Å². The van der Waals surface area contributed by atoms with Crippen molar-refractivity contribution >= 4 is 0 Å². The maximum atomic E-state index is 5.92. The number of hydrogen-bond donors (Lipinski definition) is 1. The summed E-state index contributed by atoms with van der Waals surface area (Å²) in [7, 11) is 0. The standard InChI is InChI=1S/C14H30N2/c1-4-7-8-13(11-15)16-10-9-14(5-2,6-3)12-16/h13H,4-12,15H2,1-3H3. The lowest BCUT2D eigenvalue weighted by molar-refractivity contribution is 0.187. The van der Waals surface area contributed by atoms with E-state index in [-0.39, 0.29) is 0 Å². The van der Waals surface area contributed by atoms with E-state index in [4.69, 9.17) is 5.73 Å². The van der Waals surface area contributed by atoms with Crippen molar-refractivity contribution in [2.45, 2.75) is 65.3 Å². The van der Waals surface area contributed by atoms with Crippen molar-refractivity contribution in [2.75, 3.05) is 19.6 Å². The molecular weight excluding hydrogens is 196 g/mol. The van der Waals surface area contributed by atoms with Crippen LogP contribution in [0.25, 0.3) is 0 Å². The highest BCUT2D eigenvalue weighted by atomic mass is 15.2. The second-order valence-corrected chi connectivity index (χ2v) is 5.46. The Balaban J connectivity index is 2.49. The molecule has 0 radical (unpaired) electrons. The number of nitrogens with zero attached hydrogens (tertiary/aromatic N) is 1. The first kappa shape index (κ1) is 14.0. The second-order valence-electron chi connectivity index (χ2n) is 5.46. The van der Waals surface area contributed by atoms with Gasteiger partial charge in [0.15, 0.2) is 0 Å². The Kier molecular flexibility index (Phi) is 5.77. The van der Waals surface area contributed by atoms with Gasteiger partial charge >= 0.3 is 0 Å². The molecule has 2 N–H and O–H groups in total. The van der Waals surface area contributed by atoms with E-state index in [1.165, 1.54) is 51.6 Å². The van der Waals surface area contributed by atoms with E-state index < -0.39 is 0 Å². The molecule has 1 saturated heterocycles. The molecule has 0 spiro atoms. The quantitative estimate of drug-likeness (QED) is 0.723. The topological polar surface area (TPSA) is 29.3 Å². The van der Waals surface area contributed by atoms with Gasteiger partial charge in [0.1, 0.15) is 0 Å². The summed E-state index contributed by atoms with van der Waals surface area (Å²) in [5.74, 6) is 0. The molecule has 2 nitrogen and oxygen atoms in total. The van der Waals surface area contributed by atoms with E-state index in [0.29, 0.717) is 11.5 Å². The molecule has 0 amide bonds. The van der Waals surface area contributed by atoms with E-state index in [2.05, 4.69) is 25.7 Å². The highest BCUT2D eigenvalue weighted by Gasteiger charge is 2.36. The lowest BCUT2D eigenvalue weighted by atomic mass is 9.82. The van der Waals surface area contributed by atoms with Gasteiger partial charge in [0.2, 0.25) is 0 Å². The fourth-order valence-corrected chi connectivity index (χ4v) is 3.00. The molecule has 1 aliphatic rings. The molecule has 1 aliphatic heterocycles. The van der Waals surface area contributed by atoms with Crippen LogP contribution >= 0.6 is 0 Å². The molecule has 2 heteroatoms. The summed E-state index contributed by atoms with van der Waals surface area (Å²) in [6.45, 7) is 10.3. The van der Waals surface area contributed by atoms with Crippen molar-refractivity contribution in [3.8, 4) is 0 Å². The summed E-state index contributed by atoms with van der Waals surface area (Å²) >= 11 is 0. The van der Waals surface area contributed by atoms with Gasteiger partial charge in [-0.3, -0.25) is 4.90 Å². The van der Waals surface area contributed by atoms with E-state index in [0.717, 1.165) is 6.54 Å². The van der Waals surface area contributed by atoms with Gasteiger partial charge in [0.05, 0.1) is 0 Å². The van der Waals surface area contributed by atoms with Crippen molar-refractivity contribution in [3.63, 3.8) is 0 Å². The molecule has 1 fully saturated rings. The highest BCUT2D eigenvalue weighted by Crippen LogP contribution is 2.38. The summed E-state index contributed by atoms with van der Waals surface area (Å²) in [5, 5.41) is 0. The van der Waals surface area contributed by atoms with Gasteiger partial charge < -0.3 is 5.73 Å². The third kappa shape index (κ3) is 3.21. The van der Waals surface area contributed by atoms with Gasteiger partial charge in [0, 0.05) is 19.1 Å². The fraction of sp³-hybridized carbons (Fsp3) is 1.00. The summed E-state index contributed by atoms with van der Waals surface area (Å²) < 4.78 is 0. The Morgan fingerprint density at radius 2 is 1.94 bits per heavy atom. The Morgan fingerprint density at radius 3 is 2.38 bits per heavy atom. The zero-order valence-electron chi connectivity index (χ0n) is 11.5. The van der Waals surface area contributed by atoms with Crippen LogP contribution in [0.3, 0.4) is 0 Å². The van der Waals surface area contributed by atoms with Crippen molar-refractivity contribution < 1.29 is 0 Å². The van der Waals surface area contributed by atoms with Crippen molar-refractivity contribution in [3.05, 3.63) is 0 Å². The molecule has 0 aromatic carbocycles. The van der Waals surface area contributed by atoms with Crippen LogP contribution in [0.15, 0.2) is 0 Å². The monoisotopic (exact) mass is 226 g/mol. The van der Waals surface area contributed by atoms with Crippen LogP contribution in [0.5, 0.6) is 0 Å². The molecule has 0 aromatic heterocycles. The Hall–Kier alpha value is -0.0800. The molecule has 0 saturated carbocycles. The number of hydrogen-bond acceptors (Lipinski definition) is 2. The summed E-state index contributed by atoms with van der Waals surface area (Å²) in [5.41, 5.74) is 6.52. The SMILES string of the molecule is CCCCC(CN)N1CCC(CC)(CC)C1. The van der Waals surface area contributed by atoms with Crippen LogP contribution in [-0.4, -0.2) is 30.6 Å². The summed E-state index contributed by atoms with van der Waals surface area (Å²) in [6.07, 6.45) is 7.93. The molecule has 1 heterocycles. The van der Waals surface area contributed by atoms with Crippen LogP contribution < -0.4 is 5.73 Å². The highest BCUT2D eigenvalue weighted by molar-refractivity contribution is 4.91. The van der Waals surface area contributed by atoms with E-state index in [1.807, 2.05) is 0 Å². The van der Waals surface area contributed by atoms with Crippen LogP contribution in [0.1, 0.15) is 59.3 Å². The molecule has 16 heavy (non-hydrogen) atoms. The average Bonchev–Trinajstić information content (AvgIpc) is 2.75. The smallest absolute Gasteiger partial charge is 0.0218 e. The van der Waals surface area contributed by atoms with Gasteiger partial charge in [-0.05, 0) is 37.6 Å². The summed E-state index contributed by atoms with van der Waals surface area (Å²) in [4.78, 5) is 2.66. The Morgan fingerprint density at radius 1 is 1.25 bits per heavy atom. The average molecular weight is 226 g/mol. The molecule has 0 aliphatic carbocycles. The van der Waals surface area contributed by atoms with Gasteiger partial charge in [-0.15, -0.1) is 0 Å². The molecule has 1 unspecified atom stereocenters. The van der Waals surface area contributed by atoms with E-state index in [9.17, 15) is 0 Å². The largest absolute Gasteiger partial charge is 0.329 e. The minimum absolute atomic E-state index is 0.597. The molecular formula is C14H30N2. The lowest BCUT2D eigenvalue weighted by Crippen LogP contribution is -2.40. The zero-order chi connectivity index (χ0) is 12.0. The third-order valence-electron chi connectivity index (χ3n) is 4.65. The first-order valence-electron chi connectivity index (χ1n) is 7.15. The van der Waals surface area contributed by atoms with E-state index in [1.54, 1.807) is 0 Å². The minimum Gasteiger partial charge on any atom is -0.329 e. The predicted molar refractivity (Wildman–Crippen MR) is 71.6 cm³/mol. The number of nitrogens with two attached hydrogens (primary N) is 1. The van der Waals surface area contributed by atoms with Crippen LogP contribution in [-0.2, 0) is 0 Å². The second kappa shape index (κ2) is 6.61. The van der Waals surface area contributed by atoms with E-state index >= 15 is 0 Å².